The van der Waals surface area contributed by atoms with Crippen LogP contribution >= 0.6 is 0 Å². The van der Waals surface area contributed by atoms with E-state index in [4.69, 9.17) is 4.42 Å². The highest BCUT2D eigenvalue weighted by molar-refractivity contribution is 5.77. The van der Waals surface area contributed by atoms with Crippen LogP contribution in [0.3, 0.4) is 0 Å². The number of nitrogens with one attached hydrogen (secondary N) is 2. The van der Waals surface area contributed by atoms with Crippen LogP contribution in [0.4, 0.5) is 0 Å². The lowest BCUT2D eigenvalue weighted by atomic mass is 10.1. The van der Waals surface area contributed by atoms with Crippen LogP contribution in [0.5, 0.6) is 0 Å². The van der Waals surface area contributed by atoms with Crippen LogP contribution in [-0.4, -0.2) is 26.7 Å². The van der Waals surface area contributed by atoms with Gasteiger partial charge in [0, 0.05) is 30.7 Å². The molecule has 1 unspecified atom stereocenters. The van der Waals surface area contributed by atoms with Crippen molar-refractivity contribution in [1.82, 2.24) is 25.5 Å². The van der Waals surface area contributed by atoms with Crippen LogP contribution in [-0.2, 0) is 6.42 Å². The van der Waals surface area contributed by atoms with E-state index in [0.717, 1.165) is 41.1 Å². The molecule has 0 fully saturated rings. The minimum absolute atomic E-state index is 0.0782. The summed E-state index contributed by atoms with van der Waals surface area (Å²) in [5.74, 6) is 1.74. The highest BCUT2D eigenvalue weighted by Crippen LogP contribution is 2.20. The van der Waals surface area contributed by atoms with Gasteiger partial charge in [0.25, 0.3) is 0 Å². The monoisotopic (exact) mass is 319 g/mol. The van der Waals surface area contributed by atoms with Gasteiger partial charge in [0.1, 0.15) is 23.5 Å². The fraction of sp³-hybridized carbons (Fsp3) is 0.167. The Labute approximate surface area is 139 Å². The average Bonchev–Trinajstić information content (AvgIpc) is 3.28. The molecule has 24 heavy (non-hydrogen) atoms. The third-order valence-corrected chi connectivity index (χ3v) is 3.92. The van der Waals surface area contributed by atoms with Gasteiger partial charge in [0.2, 0.25) is 0 Å². The van der Waals surface area contributed by atoms with Crippen molar-refractivity contribution in [1.29, 1.82) is 0 Å². The van der Waals surface area contributed by atoms with E-state index in [-0.39, 0.29) is 6.04 Å². The molecule has 120 valence electrons. The number of pyridine rings is 1. The number of rotatable bonds is 6. The van der Waals surface area contributed by atoms with Crippen LogP contribution in [0.2, 0.25) is 0 Å². The summed E-state index contributed by atoms with van der Waals surface area (Å²) in [5.41, 5.74) is 1.96. The predicted molar refractivity (Wildman–Crippen MR) is 90.4 cm³/mol. The summed E-state index contributed by atoms with van der Waals surface area (Å²) in [6.07, 6.45) is 5.90. The second-order valence-corrected chi connectivity index (χ2v) is 5.54. The van der Waals surface area contributed by atoms with Gasteiger partial charge in [-0.3, -0.25) is 10.1 Å². The largest absolute Gasteiger partial charge is 0.461 e. The van der Waals surface area contributed by atoms with Crippen molar-refractivity contribution in [2.45, 2.75) is 12.5 Å². The van der Waals surface area contributed by atoms with E-state index in [1.54, 1.807) is 6.20 Å². The molecule has 0 spiro atoms. The van der Waals surface area contributed by atoms with Gasteiger partial charge in [-0.25, -0.2) is 4.98 Å². The molecule has 0 aliphatic rings. The molecule has 0 saturated carbocycles. The van der Waals surface area contributed by atoms with Gasteiger partial charge >= 0.3 is 0 Å². The lowest BCUT2D eigenvalue weighted by molar-refractivity contribution is 0.512. The molecule has 0 radical (unpaired) electrons. The normalized spacial score (nSPS) is 12.5. The minimum atomic E-state index is -0.0782. The van der Waals surface area contributed by atoms with Gasteiger partial charge < -0.3 is 9.73 Å². The minimum Gasteiger partial charge on any atom is -0.461 e. The highest BCUT2D eigenvalue weighted by Gasteiger charge is 2.16. The third kappa shape index (κ3) is 3.04. The maximum absolute atomic E-state index is 5.86. The Morgan fingerprint density at radius 3 is 2.92 bits per heavy atom. The first-order chi connectivity index (χ1) is 11.9. The Balaban J connectivity index is 1.47. The first-order valence-corrected chi connectivity index (χ1v) is 7.86. The zero-order chi connectivity index (χ0) is 16.2. The zero-order valence-electron chi connectivity index (χ0n) is 13.0. The third-order valence-electron chi connectivity index (χ3n) is 3.92. The van der Waals surface area contributed by atoms with Gasteiger partial charge in [-0.2, -0.15) is 5.10 Å². The predicted octanol–water partition coefficient (Wildman–Crippen LogP) is 2.87. The summed E-state index contributed by atoms with van der Waals surface area (Å²) in [6, 6.07) is 14.0. The molecule has 4 aromatic rings. The smallest absolute Gasteiger partial charge is 0.146 e. The summed E-state index contributed by atoms with van der Waals surface area (Å²) in [6.45, 7) is 0.750. The van der Waals surface area contributed by atoms with E-state index < -0.39 is 0 Å². The molecule has 0 amide bonds. The summed E-state index contributed by atoms with van der Waals surface area (Å²) in [5, 5.41) is 11.5. The molecular weight excluding hydrogens is 302 g/mol. The number of H-pyrrole nitrogens is 1. The SMILES string of the molecule is c1cncc(C(NCCc2cc3ccccc3o2)c2ncn[nH]2)c1. The molecule has 6 heteroatoms. The first-order valence-electron chi connectivity index (χ1n) is 7.86. The van der Waals surface area contributed by atoms with Gasteiger partial charge in [-0.05, 0) is 23.8 Å². The number of para-hydroxylation sites is 1. The van der Waals surface area contributed by atoms with Crippen molar-refractivity contribution in [3.63, 3.8) is 0 Å². The topological polar surface area (TPSA) is 79.6 Å². The highest BCUT2D eigenvalue weighted by atomic mass is 16.3. The van der Waals surface area contributed by atoms with Gasteiger partial charge in [0.05, 0.1) is 6.04 Å². The molecule has 3 aromatic heterocycles. The van der Waals surface area contributed by atoms with Crippen molar-refractivity contribution >= 4 is 11.0 Å². The summed E-state index contributed by atoms with van der Waals surface area (Å²) < 4.78 is 5.86. The fourth-order valence-corrected chi connectivity index (χ4v) is 2.77. The number of furan rings is 1. The zero-order valence-corrected chi connectivity index (χ0v) is 13.0. The first kappa shape index (κ1) is 14.6. The fourth-order valence-electron chi connectivity index (χ4n) is 2.77. The molecule has 0 bridgehead atoms. The number of hydrogen-bond donors (Lipinski definition) is 2. The van der Waals surface area contributed by atoms with Gasteiger partial charge in [-0.15, -0.1) is 0 Å². The molecule has 0 aliphatic heterocycles. The van der Waals surface area contributed by atoms with E-state index in [1.165, 1.54) is 6.33 Å². The lowest BCUT2D eigenvalue weighted by Gasteiger charge is -2.15. The molecular formula is C18H17N5O. The molecule has 6 nitrogen and oxygen atoms in total. The Morgan fingerprint density at radius 1 is 1.17 bits per heavy atom. The summed E-state index contributed by atoms with van der Waals surface area (Å²) in [4.78, 5) is 8.46. The maximum atomic E-state index is 5.86. The second-order valence-electron chi connectivity index (χ2n) is 5.54. The van der Waals surface area contributed by atoms with Crippen LogP contribution in [0.15, 0.2) is 65.6 Å². The molecule has 2 N–H and O–H groups in total. The molecule has 0 saturated heterocycles. The number of benzene rings is 1. The van der Waals surface area contributed by atoms with Crippen molar-refractivity contribution in [2.24, 2.45) is 0 Å². The summed E-state index contributed by atoms with van der Waals surface area (Å²) in [7, 11) is 0. The Kier molecular flexibility index (Phi) is 4.04. The number of hydrogen-bond acceptors (Lipinski definition) is 5. The number of nitrogens with zero attached hydrogens (tertiary/aromatic N) is 3. The molecule has 4 rings (SSSR count). The van der Waals surface area contributed by atoms with Crippen molar-refractivity contribution < 1.29 is 4.42 Å². The standard InChI is InChI=1S/C18H17N5O/c1-2-6-16-13(4-1)10-15(24-16)7-9-20-17(18-21-12-22-23-18)14-5-3-8-19-11-14/h1-6,8,10-12,17,20H,7,9H2,(H,21,22,23). The quantitative estimate of drug-likeness (QED) is 0.571. The molecule has 3 heterocycles. The number of aromatic amines is 1. The second kappa shape index (κ2) is 6.64. The Bertz CT molecular complexity index is 868. The van der Waals surface area contributed by atoms with E-state index in [1.807, 2.05) is 36.5 Å². The van der Waals surface area contributed by atoms with E-state index in [9.17, 15) is 0 Å². The van der Waals surface area contributed by atoms with E-state index >= 15 is 0 Å². The van der Waals surface area contributed by atoms with E-state index in [2.05, 4.69) is 37.6 Å². The van der Waals surface area contributed by atoms with Gasteiger partial charge in [0.15, 0.2) is 0 Å². The summed E-state index contributed by atoms with van der Waals surface area (Å²) >= 11 is 0. The van der Waals surface area contributed by atoms with E-state index in [0.29, 0.717) is 0 Å². The van der Waals surface area contributed by atoms with Crippen LogP contribution in [0.25, 0.3) is 11.0 Å². The molecule has 1 aromatic carbocycles. The van der Waals surface area contributed by atoms with Crippen molar-refractivity contribution in [2.75, 3.05) is 6.54 Å². The van der Waals surface area contributed by atoms with Crippen LogP contribution in [0, 0.1) is 0 Å². The molecule has 0 aliphatic carbocycles. The van der Waals surface area contributed by atoms with Crippen LogP contribution in [0.1, 0.15) is 23.2 Å². The van der Waals surface area contributed by atoms with Crippen molar-refractivity contribution in [3.8, 4) is 0 Å². The number of aromatic nitrogens is 4. The number of fused-ring (bicyclic) bond motifs is 1. The Hall–Kier alpha value is -2.99. The maximum Gasteiger partial charge on any atom is 0.146 e. The molecule has 1 atom stereocenters. The lowest BCUT2D eigenvalue weighted by Crippen LogP contribution is -2.25. The van der Waals surface area contributed by atoms with Crippen LogP contribution < -0.4 is 5.32 Å². The average molecular weight is 319 g/mol. The van der Waals surface area contributed by atoms with Crippen molar-refractivity contribution in [3.05, 3.63) is 78.3 Å². The van der Waals surface area contributed by atoms with Gasteiger partial charge in [-0.1, -0.05) is 24.3 Å². The Morgan fingerprint density at radius 2 is 2.12 bits per heavy atom.